The van der Waals surface area contributed by atoms with Crippen LogP contribution < -0.4 is 5.32 Å². The zero-order chi connectivity index (χ0) is 14.1. The summed E-state index contributed by atoms with van der Waals surface area (Å²) >= 11 is 0. The van der Waals surface area contributed by atoms with Crippen molar-refractivity contribution >= 4 is 16.8 Å². The van der Waals surface area contributed by atoms with E-state index in [4.69, 9.17) is 5.11 Å². The number of aliphatic hydroxyl groups excluding tert-OH is 2. The number of amides is 1. The minimum Gasteiger partial charge on any atom is -0.396 e. The lowest BCUT2D eigenvalue weighted by Crippen LogP contribution is -2.33. The molecule has 0 aliphatic heterocycles. The van der Waals surface area contributed by atoms with Gasteiger partial charge in [0.2, 0.25) is 0 Å². The molecule has 1 saturated carbocycles. The van der Waals surface area contributed by atoms with Gasteiger partial charge in [0.15, 0.2) is 0 Å². The van der Waals surface area contributed by atoms with Crippen molar-refractivity contribution in [3.63, 3.8) is 0 Å². The number of carbonyl (C=O) groups excluding carboxylic acids is 1. The van der Waals surface area contributed by atoms with Crippen molar-refractivity contribution in [2.45, 2.75) is 25.0 Å². The van der Waals surface area contributed by atoms with Crippen molar-refractivity contribution in [2.24, 2.45) is 5.92 Å². The molecule has 2 aromatic rings. The maximum Gasteiger partial charge on any atom is 0.251 e. The summed E-state index contributed by atoms with van der Waals surface area (Å²) in [7, 11) is 0. The average molecular weight is 274 g/mol. The second-order valence-electron chi connectivity index (χ2n) is 5.43. The maximum absolute atomic E-state index is 12.2. The Morgan fingerprint density at radius 2 is 2.20 bits per heavy atom. The van der Waals surface area contributed by atoms with Gasteiger partial charge in [0.1, 0.15) is 0 Å². The lowest BCUT2D eigenvalue weighted by atomic mass is 10.1. The quantitative estimate of drug-likeness (QED) is 0.674. The Kier molecular flexibility index (Phi) is 3.46. The summed E-state index contributed by atoms with van der Waals surface area (Å²) < 4.78 is 0. The molecule has 3 rings (SSSR count). The van der Waals surface area contributed by atoms with Gasteiger partial charge < -0.3 is 20.5 Å². The molecule has 0 unspecified atom stereocenters. The lowest BCUT2D eigenvalue weighted by Gasteiger charge is -2.12. The van der Waals surface area contributed by atoms with E-state index in [-0.39, 0.29) is 24.5 Å². The van der Waals surface area contributed by atoms with Gasteiger partial charge in [0, 0.05) is 35.8 Å². The first kappa shape index (κ1) is 13.1. The number of aromatic nitrogens is 1. The molecule has 1 amide bonds. The average Bonchev–Trinajstić information content (AvgIpc) is 3.03. The first-order valence-electron chi connectivity index (χ1n) is 6.84. The molecule has 1 heterocycles. The van der Waals surface area contributed by atoms with Crippen LogP contribution in [-0.2, 0) is 0 Å². The topological polar surface area (TPSA) is 85.3 Å². The summed E-state index contributed by atoms with van der Waals surface area (Å²) in [6.45, 7) is -0.0397. The third-order valence-corrected chi connectivity index (χ3v) is 4.04. The van der Waals surface area contributed by atoms with Crippen molar-refractivity contribution in [2.75, 3.05) is 6.61 Å². The Hall–Kier alpha value is -1.85. The summed E-state index contributed by atoms with van der Waals surface area (Å²) in [4.78, 5) is 15.3. The highest BCUT2D eigenvalue weighted by Crippen LogP contribution is 2.26. The number of benzene rings is 1. The van der Waals surface area contributed by atoms with E-state index < -0.39 is 6.10 Å². The highest BCUT2D eigenvalue weighted by molar-refractivity contribution is 5.98. The Balaban J connectivity index is 1.70. The van der Waals surface area contributed by atoms with Gasteiger partial charge in [-0.1, -0.05) is 6.07 Å². The van der Waals surface area contributed by atoms with E-state index in [0.29, 0.717) is 18.4 Å². The third-order valence-electron chi connectivity index (χ3n) is 4.04. The standard InChI is InChI=1S/C15H18N2O3/c18-8-11-5-12(7-14(11)19)17-15(20)10-2-1-9-3-4-16-13(9)6-10/h1-4,6,11-12,14,16,18-19H,5,7-8H2,(H,17,20)/t11-,12+,14+/m1/s1. The van der Waals surface area contributed by atoms with Crippen molar-refractivity contribution in [3.8, 4) is 0 Å². The Morgan fingerprint density at radius 1 is 1.35 bits per heavy atom. The van der Waals surface area contributed by atoms with E-state index in [1.54, 1.807) is 6.07 Å². The lowest BCUT2D eigenvalue weighted by molar-refractivity contribution is 0.0903. The van der Waals surface area contributed by atoms with Gasteiger partial charge in [-0.15, -0.1) is 0 Å². The molecule has 1 fully saturated rings. The monoisotopic (exact) mass is 274 g/mol. The number of hydrogen-bond acceptors (Lipinski definition) is 3. The summed E-state index contributed by atoms with van der Waals surface area (Å²) in [5.74, 6) is -0.275. The number of carbonyl (C=O) groups is 1. The second kappa shape index (κ2) is 5.26. The van der Waals surface area contributed by atoms with Crippen molar-refractivity contribution < 1.29 is 15.0 Å². The van der Waals surface area contributed by atoms with E-state index in [0.717, 1.165) is 10.9 Å². The smallest absolute Gasteiger partial charge is 0.251 e. The minimum atomic E-state index is -0.531. The molecular weight excluding hydrogens is 256 g/mol. The van der Waals surface area contributed by atoms with Gasteiger partial charge in [-0.05, 0) is 36.4 Å². The van der Waals surface area contributed by atoms with Crippen LogP contribution in [0.15, 0.2) is 30.5 Å². The summed E-state index contributed by atoms with van der Waals surface area (Å²) in [6, 6.07) is 7.39. The molecule has 1 aliphatic rings. The van der Waals surface area contributed by atoms with Crippen LogP contribution in [0.5, 0.6) is 0 Å². The number of aromatic amines is 1. The zero-order valence-corrected chi connectivity index (χ0v) is 11.0. The van der Waals surface area contributed by atoms with Crippen LogP contribution in [0.25, 0.3) is 10.9 Å². The van der Waals surface area contributed by atoms with Gasteiger partial charge in [-0.25, -0.2) is 0 Å². The Labute approximate surface area is 116 Å². The van der Waals surface area contributed by atoms with Gasteiger partial charge in [-0.3, -0.25) is 4.79 Å². The number of nitrogens with one attached hydrogen (secondary N) is 2. The van der Waals surface area contributed by atoms with Gasteiger partial charge in [-0.2, -0.15) is 0 Å². The fraction of sp³-hybridized carbons (Fsp3) is 0.400. The normalized spacial score (nSPS) is 26.0. The molecule has 1 aliphatic carbocycles. The Bertz CT molecular complexity index is 622. The van der Waals surface area contributed by atoms with E-state index >= 15 is 0 Å². The van der Waals surface area contributed by atoms with Crippen molar-refractivity contribution in [3.05, 3.63) is 36.0 Å². The molecule has 106 valence electrons. The number of fused-ring (bicyclic) bond motifs is 1. The number of H-pyrrole nitrogens is 1. The first-order valence-corrected chi connectivity index (χ1v) is 6.84. The third kappa shape index (κ3) is 2.42. The van der Waals surface area contributed by atoms with Crippen LogP contribution >= 0.6 is 0 Å². The molecule has 1 aromatic carbocycles. The molecule has 0 radical (unpaired) electrons. The number of hydrogen-bond donors (Lipinski definition) is 4. The molecular formula is C15H18N2O3. The maximum atomic E-state index is 12.2. The van der Waals surface area contributed by atoms with Crippen LogP contribution in [0, 0.1) is 5.92 Å². The zero-order valence-electron chi connectivity index (χ0n) is 11.0. The molecule has 5 nitrogen and oxygen atoms in total. The fourth-order valence-corrected chi connectivity index (χ4v) is 2.87. The largest absolute Gasteiger partial charge is 0.396 e. The molecule has 0 bridgehead atoms. The highest BCUT2D eigenvalue weighted by atomic mass is 16.3. The predicted octanol–water partition coefficient (Wildman–Crippen LogP) is 1.03. The van der Waals surface area contributed by atoms with E-state index in [2.05, 4.69) is 10.3 Å². The van der Waals surface area contributed by atoms with E-state index in [1.165, 1.54) is 0 Å². The van der Waals surface area contributed by atoms with Crippen molar-refractivity contribution in [1.29, 1.82) is 0 Å². The summed E-state index contributed by atoms with van der Waals surface area (Å²) in [6.07, 6.45) is 2.43. The van der Waals surface area contributed by atoms with Gasteiger partial charge in [0.25, 0.3) is 5.91 Å². The summed E-state index contributed by atoms with van der Waals surface area (Å²) in [5.41, 5.74) is 1.53. The van der Waals surface area contributed by atoms with Crippen LogP contribution in [0.2, 0.25) is 0 Å². The van der Waals surface area contributed by atoms with Crippen molar-refractivity contribution in [1.82, 2.24) is 10.3 Å². The summed E-state index contributed by atoms with van der Waals surface area (Å²) in [5, 5.41) is 22.9. The van der Waals surface area contributed by atoms with E-state index in [1.807, 2.05) is 24.4 Å². The number of rotatable bonds is 3. The van der Waals surface area contributed by atoms with Crippen LogP contribution in [0.3, 0.4) is 0 Å². The molecule has 0 saturated heterocycles. The SMILES string of the molecule is O=C(N[C@H]1C[C@H](CO)[C@@H](O)C1)c1ccc2cc[nH]c2c1. The first-order chi connectivity index (χ1) is 9.67. The van der Waals surface area contributed by atoms with Gasteiger partial charge >= 0.3 is 0 Å². The fourth-order valence-electron chi connectivity index (χ4n) is 2.87. The van der Waals surface area contributed by atoms with Crippen LogP contribution in [-0.4, -0.2) is 39.9 Å². The van der Waals surface area contributed by atoms with Crippen LogP contribution in [0.1, 0.15) is 23.2 Å². The second-order valence-corrected chi connectivity index (χ2v) is 5.43. The number of aliphatic hydroxyl groups is 2. The Morgan fingerprint density at radius 3 is 2.95 bits per heavy atom. The molecule has 1 aromatic heterocycles. The highest BCUT2D eigenvalue weighted by Gasteiger charge is 2.33. The predicted molar refractivity (Wildman–Crippen MR) is 75.4 cm³/mol. The van der Waals surface area contributed by atoms with Gasteiger partial charge in [0.05, 0.1) is 6.10 Å². The van der Waals surface area contributed by atoms with E-state index in [9.17, 15) is 9.90 Å². The molecule has 3 atom stereocenters. The molecule has 5 heteroatoms. The molecule has 20 heavy (non-hydrogen) atoms. The van der Waals surface area contributed by atoms with Crippen LogP contribution in [0.4, 0.5) is 0 Å². The molecule has 0 spiro atoms. The minimum absolute atomic E-state index is 0.0397. The molecule has 4 N–H and O–H groups in total.